The van der Waals surface area contributed by atoms with E-state index in [-0.39, 0.29) is 0 Å². The van der Waals surface area contributed by atoms with Crippen LogP contribution in [0.3, 0.4) is 0 Å². The van der Waals surface area contributed by atoms with Crippen LogP contribution in [-0.4, -0.2) is 66.1 Å². The van der Waals surface area contributed by atoms with Crippen LogP contribution in [0.2, 0.25) is 0 Å². The summed E-state index contributed by atoms with van der Waals surface area (Å²) in [6, 6.07) is 0. The number of hydrogen-bond donors (Lipinski definition) is 6. The fourth-order valence-electron chi connectivity index (χ4n) is 2.14. The lowest BCUT2D eigenvalue weighted by Crippen LogP contribution is -2.21. The van der Waals surface area contributed by atoms with Crippen LogP contribution in [-0.2, 0) is 9.59 Å². The lowest BCUT2D eigenvalue weighted by atomic mass is 10.2. The molecule has 0 aromatic carbocycles. The molecule has 1 aromatic heterocycles. The molecule has 0 aliphatic carbocycles. The second-order valence-corrected chi connectivity index (χ2v) is 7.17. The van der Waals surface area contributed by atoms with Crippen LogP contribution in [0, 0.1) is 11.8 Å². The number of carboxylic acid groups (broad SMARTS) is 1. The van der Waals surface area contributed by atoms with Crippen molar-refractivity contribution in [1.29, 1.82) is 0 Å². The molecule has 3 rings (SSSR count). The number of aliphatic hydroxyl groups is 1. The number of aliphatic hydroxyl groups excluding tert-OH is 1. The summed E-state index contributed by atoms with van der Waals surface area (Å²) in [7, 11) is 2.50. The first kappa shape index (κ1) is 33.4. The van der Waals surface area contributed by atoms with E-state index in [0.29, 0.717) is 17.0 Å². The zero-order valence-corrected chi connectivity index (χ0v) is 19.9. The van der Waals surface area contributed by atoms with Gasteiger partial charge in [0.15, 0.2) is 6.29 Å². The maximum atomic E-state index is 10.7. The van der Waals surface area contributed by atoms with Crippen molar-refractivity contribution in [1.82, 2.24) is 15.5 Å². The van der Waals surface area contributed by atoms with E-state index in [2.05, 4.69) is 33.1 Å². The molecule has 0 bridgehead atoms. The minimum Gasteiger partial charge on any atom is -0.475 e. The Morgan fingerprint density at radius 2 is 1.74 bits per heavy atom. The number of thioether (sulfide) groups is 1. The van der Waals surface area contributed by atoms with Crippen molar-refractivity contribution in [3.63, 3.8) is 0 Å². The largest absolute Gasteiger partial charge is 0.490 e. The highest BCUT2D eigenvalue weighted by Crippen LogP contribution is 2.30. The Balaban J connectivity index is 0. The molecule has 1 saturated heterocycles. The first-order valence-corrected chi connectivity index (χ1v) is 10.9. The molecule has 1 fully saturated rings. The molecule has 1 aromatic rings. The number of carbonyl (C=O) groups is 2. The van der Waals surface area contributed by atoms with Crippen molar-refractivity contribution < 1.29 is 33.0 Å². The Morgan fingerprint density at radius 3 is 2.18 bits per heavy atom. The number of aliphatic carboxylic acids is 1. The van der Waals surface area contributed by atoms with Gasteiger partial charge in [-0.1, -0.05) is 42.5 Å². The van der Waals surface area contributed by atoms with Crippen molar-refractivity contribution in [2.24, 2.45) is 11.5 Å². The Morgan fingerprint density at radius 1 is 1.18 bits per heavy atom. The third-order valence-corrected chi connectivity index (χ3v) is 4.75. The minimum atomic E-state index is -5.08. The van der Waals surface area contributed by atoms with Gasteiger partial charge < -0.3 is 27.0 Å². The fraction of sp³-hybridized carbons (Fsp3) is 0.476. The topological polar surface area (TPSA) is 167 Å². The minimum absolute atomic E-state index is 0.555. The van der Waals surface area contributed by atoms with Gasteiger partial charge in [0.25, 0.3) is 0 Å². The highest BCUT2D eigenvalue weighted by atomic mass is 32.2. The van der Waals surface area contributed by atoms with Crippen molar-refractivity contribution in [2.75, 3.05) is 27.2 Å². The summed E-state index contributed by atoms with van der Waals surface area (Å²) in [4.78, 5) is 21.0. The molecule has 2 aliphatic heterocycles. The van der Waals surface area contributed by atoms with Gasteiger partial charge in [-0.15, -0.1) is 0 Å². The average molecular weight is 508 g/mol. The predicted molar refractivity (Wildman–Crippen MR) is 126 cm³/mol. The SMILES string of the molecule is C1CCCNCC1.CN.CO.NC1=C(C=O)SC(C#Cc2cn[nH]c2)=CC1.O=C(O)C(F)(F)F. The second kappa shape index (κ2) is 20.8. The van der Waals surface area contributed by atoms with Crippen molar-refractivity contribution in [3.05, 3.63) is 39.5 Å². The summed E-state index contributed by atoms with van der Waals surface area (Å²) >= 11 is 1.30. The summed E-state index contributed by atoms with van der Waals surface area (Å²) in [5.74, 6) is 3.16. The third-order valence-electron chi connectivity index (χ3n) is 3.68. The maximum absolute atomic E-state index is 10.7. The van der Waals surface area contributed by atoms with Gasteiger partial charge in [-0.2, -0.15) is 18.3 Å². The number of aldehydes is 1. The number of nitrogens with one attached hydrogen (secondary N) is 2. The molecule has 0 amide bonds. The van der Waals surface area contributed by atoms with Gasteiger partial charge in [-0.05, 0) is 33.0 Å². The van der Waals surface area contributed by atoms with Crippen LogP contribution in [0.25, 0.3) is 0 Å². The van der Waals surface area contributed by atoms with Crippen LogP contribution in [0.15, 0.2) is 34.0 Å². The smallest absolute Gasteiger partial charge is 0.475 e. The van der Waals surface area contributed by atoms with E-state index >= 15 is 0 Å². The van der Waals surface area contributed by atoms with Crippen LogP contribution < -0.4 is 16.8 Å². The van der Waals surface area contributed by atoms with Gasteiger partial charge in [0.2, 0.25) is 0 Å². The number of carboxylic acids is 1. The molecule has 2 aliphatic rings. The molecule has 13 heteroatoms. The quantitative estimate of drug-likeness (QED) is 0.246. The molecule has 9 nitrogen and oxygen atoms in total. The molecule has 8 N–H and O–H groups in total. The number of aromatic amines is 1. The number of H-pyrrole nitrogens is 1. The molecule has 34 heavy (non-hydrogen) atoms. The number of nitrogens with two attached hydrogens (primary N) is 2. The van der Waals surface area contributed by atoms with E-state index in [1.165, 1.54) is 57.6 Å². The summed E-state index contributed by atoms with van der Waals surface area (Å²) in [6.07, 6.45) is 7.20. The van der Waals surface area contributed by atoms with E-state index < -0.39 is 12.1 Å². The standard InChI is InChI=1S/C11H9N3OS.C6H13N.C2HF3O2.CH5N.CH4O/c12-10-4-3-9(16-11(10)7-15)2-1-8-5-13-14-6-8;1-2-4-6-7-5-3-1;3-2(4,5)1(6)7;2*1-2/h3,5-7H,4,12H2,(H,13,14);7H,1-6H2;(H,6,7);2H2,1H3;2H,1H3. The van der Waals surface area contributed by atoms with Crippen molar-refractivity contribution in [3.8, 4) is 11.8 Å². The zero-order valence-electron chi connectivity index (χ0n) is 19.1. The summed E-state index contributed by atoms with van der Waals surface area (Å²) in [5, 5.41) is 23.9. The Hall–Kier alpha value is -2.79. The Kier molecular flexibility index (Phi) is 20.4. The van der Waals surface area contributed by atoms with Gasteiger partial charge >= 0.3 is 12.1 Å². The lowest BCUT2D eigenvalue weighted by Gasteiger charge is -2.09. The Bertz CT molecular complexity index is 797. The van der Waals surface area contributed by atoms with E-state index in [0.717, 1.165) is 23.9 Å². The number of aromatic nitrogens is 2. The molecule has 0 unspecified atom stereocenters. The summed E-state index contributed by atoms with van der Waals surface area (Å²) in [5.41, 5.74) is 11.6. The first-order valence-electron chi connectivity index (χ1n) is 10.1. The molecule has 0 spiro atoms. The molecule has 3 heterocycles. The molecule has 0 radical (unpaired) electrons. The fourth-order valence-corrected chi connectivity index (χ4v) is 2.90. The van der Waals surface area contributed by atoms with Crippen LogP contribution >= 0.6 is 11.8 Å². The van der Waals surface area contributed by atoms with Crippen LogP contribution in [0.4, 0.5) is 13.2 Å². The number of allylic oxidation sites excluding steroid dienone is 3. The van der Waals surface area contributed by atoms with Gasteiger partial charge in [0.05, 0.1) is 21.6 Å². The van der Waals surface area contributed by atoms with Crippen molar-refractivity contribution >= 4 is 24.0 Å². The predicted octanol–water partition coefficient (Wildman–Crippen LogP) is 2.12. The van der Waals surface area contributed by atoms with E-state index in [9.17, 15) is 18.0 Å². The molecular weight excluding hydrogens is 475 g/mol. The van der Waals surface area contributed by atoms with E-state index in [1.54, 1.807) is 12.4 Å². The van der Waals surface area contributed by atoms with Crippen LogP contribution in [0.5, 0.6) is 0 Å². The number of rotatable bonds is 1. The number of carbonyl (C=O) groups excluding carboxylic acids is 1. The first-order chi connectivity index (χ1) is 16.2. The third kappa shape index (κ3) is 16.8. The highest BCUT2D eigenvalue weighted by Gasteiger charge is 2.38. The summed E-state index contributed by atoms with van der Waals surface area (Å²) < 4.78 is 31.7. The number of halogens is 3. The van der Waals surface area contributed by atoms with Crippen molar-refractivity contribution in [2.45, 2.75) is 38.3 Å². The van der Waals surface area contributed by atoms with E-state index in [1.807, 2.05) is 6.08 Å². The lowest BCUT2D eigenvalue weighted by molar-refractivity contribution is -0.192. The van der Waals surface area contributed by atoms with Gasteiger partial charge in [0, 0.05) is 25.4 Å². The normalized spacial score (nSPS) is 14.7. The molecular formula is C21H32F3N5O4S. The Labute approximate surface area is 201 Å². The van der Waals surface area contributed by atoms with E-state index in [4.69, 9.17) is 20.7 Å². The van der Waals surface area contributed by atoms with Crippen LogP contribution in [0.1, 0.15) is 37.7 Å². The average Bonchev–Trinajstić information content (AvgIpc) is 3.18. The second-order valence-electron chi connectivity index (χ2n) is 6.09. The zero-order chi connectivity index (χ0) is 26.4. The number of alkyl halides is 3. The monoisotopic (exact) mass is 507 g/mol. The maximum Gasteiger partial charge on any atom is 0.490 e. The molecule has 0 atom stereocenters. The molecule has 0 saturated carbocycles. The molecule has 192 valence electrons. The van der Waals surface area contributed by atoms with Gasteiger partial charge in [-0.25, -0.2) is 4.79 Å². The number of nitrogens with zero attached hydrogens (tertiary/aromatic N) is 1. The van der Waals surface area contributed by atoms with Gasteiger partial charge in [-0.3, -0.25) is 9.89 Å². The summed E-state index contributed by atoms with van der Waals surface area (Å²) in [6.45, 7) is 2.50. The highest BCUT2D eigenvalue weighted by molar-refractivity contribution is 8.07. The van der Waals surface area contributed by atoms with Gasteiger partial charge in [0.1, 0.15) is 0 Å². The number of hydrogen-bond acceptors (Lipinski definition) is 8.